The van der Waals surface area contributed by atoms with Crippen LogP contribution in [0.4, 0.5) is 0 Å². The number of amides is 1. The number of hydrogen-bond donors (Lipinski definition) is 2. The number of nitrogens with two attached hydrogens (primary N) is 1. The lowest BCUT2D eigenvalue weighted by Crippen LogP contribution is -2.37. The van der Waals surface area contributed by atoms with E-state index in [1.807, 2.05) is 0 Å². The summed E-state index contributed by atoms with van der Waals surface area (Å²) in [7, 11) is 0. The van der Waals surface area contributed by atoms with Crippen LogP contribution < -0.4 is 11.1 Å². The van der Waals surface area contributed by atoms with E-state index in [1.165, 1.54) is 19.3 Å². The Hall–Kier alpha value is -0.280. The molecule has 2 aliphatic carbocycles. The monoisotopic (exact) mass is 274 g/mol. The molecule has 2 rings (SSSR count). The largest absolute Gasteiger partial charge is 0.356 e. The molecule has 0 aliphatic heterocycles. The molecule has 0 aromatic carbocycles. The van der Waals surface area contributed by atoms with Crippen molar-refractivity contribution in [2.45, 2.75) is 58.4 Å². The van der Waals surface area contributed by atoms with Crippen LogP contribution in [0.15, 0.2) is 0 Å². The predicted molar refractivity (Wildman–Crippen MR) is 76.7 cm³/mol. The van der Waals surface area contributed by atoms with Crippen molar-refractivity contribution in [3.63, 3.8) is 0 Å². The molecule has 4 heteroatoms. The van der Waals surface area contributed by atoms with Gasteiger partial charge in [-0.1, -0.05) is 26.7 Å². The summed E-state index contributed by atoms with van der Waals surface area (Å²) < 4.78 is 0. The minimum Gasteiger partial charge on any atom is -0.356 e. The van der Waals surface area contributed by atoms with Gasteiger partial charge in [0.25, 0.3) is 0 Å². The summed E-state index contributed by atoms with van der Waals surface area (Å²) in [5.74, 6) is 1.30. The van der Waals surface area contributed by atoms with Crippen LogP contribution in [0.2, 0.25) is 0 Å². The maximum Gasteiger partial charge on any atom is 0.220 e. The first-order valence-electron chi connectivity index (χ1n) is 7.01. The summed E-state index contributed by atoms with van der Waals surface area (Å²) in [5.41, 5.74) is 6.51. The fourth-order valence-electron chi connectivity index (χ4n) is 2.96. The highest BCUT2D eigenvalue weighted by atomic mass is 35.5. The highest BCUT2D eigenvalue weighted by Crippen LogP contribution is 2.50. The van der Waals surface area contributed by atoms with E-state index in [-0.39, 0.29) is 24.4 Å². The average molecular weight is 275 g/mol. The van der Waals surface area contributed by atoms with Gasteiger partial charge in [0.05, 0.1) is 0 Å². The van der Waals surface area contributed by atoms with Gasteiger partial charge in [-0.15, -0.1) is 12.4 Å². The highest BCUT2D eigenvalue weighted by molar-refractivity contribution is 5.85. The van der Waals surface area contributed by atoms with Crippen LogP contribution in [-0.2, 0) is 4.79 Å². The Morgan fingerprint density at radius 2 is 1.94 bits per heavy atom. The molecule has 18 heavy (non-hydrogen) atoms. The van der Waals surface area contributed by atoms with Gasteiger partial charge >= 0.3 is 0 Å². The molecular formula is C14H27ClN2O. The molecule has 1 amide bonds. The van der Waals surface area contributed by atoms with Gasteiger partial charge in [-0.25, -0.2) is 0 Å². The zero-order valence-electron chi connectivity index (χ0n) is 11.6. The Labute approximate surface area is 117 Å². The van der Waals surface area contributed by atoms with Crippen molar-refractivity contribution < 1.29 is 4.79 Å². The maximum absolute atomic E-state index is 11.8. The molecule has 106 valence electrons. The number of halogens is 1. The van der Waals surface area contributed by atoms with Gasteiger partial charge in [0.2, 0.25) is 5.91 Å². The summed E-state index contributed by atoms with van der Waals surface area (Å²) in [6.07, 6.45) is 6.57. The van der Waals surface area contributed by atoms with Crippen LogP contribution in [0.25, 0.3) is 0 Å². The topological polar surface area (TPSA) is 55.1 Å². The van der Waals surface area contributed by atoms with Gasteiger partial charge in [-0.2, -0.15) is 0 Å². The van der Waals surface area contributed by atoms with Gasteiger partial charge in [-0.05, 0) is 36.5 Å². The molecule has 0 aromatic heterocycles. The van der Waals surface area contributed by atoms with Crippen molar-refractivity contribution in [3.05, 3.63) is 0 Å². The maximum atomic E-state index is 11.8. The normalized spacial score (nSPS) is 33.4. The Morgan fingerprint density at radius 1 is 1.33 bits per heavy atom. The van der Waals surface area contributed by atoms with E-state index in [4.69, 9.17) is 5.73 Å². The van der Waals surface area contributed by atoms with Crippen molar-refractivity contribution in [2.24, 2.45) is 23.0 Å². The Bertz CT molecular complexity index is 294. The van der Waals surface area contributed by atoms with E-state index in [0.29, 0.717) is 23.7 Å². The first kappa shape index (κ1) is 15.8. The first-order chi connectivity index (χ1) is 7.99. The number of hydrogen-bond acceptors (Lipinski definition) is 2. The van der Waals surface area contributed by atoms with Crippen LogP contribution in [-0.4, -0.2) is 18.5 Å². The van der Waals surface area contributed by atoms with E-state index < -0.39 is 0 Å². The van der Waals surface area contributed by atoms with Gasteiger partial charge in [-0.3, -0.25) is 4.79 Å². The molecule has 0 bridgehead atoms. The fourth-order valence-corrected chi connectivity index (χ4v) is 2.96. The molecule has 3 N–H and O–H groups in total. The summed E-state index contributed by atoms with van der Waals surface area (Å²) in [6, 6.07) is 0.242. The summed E-state index contributed by atoms with van der Waals surface area (Å²) >= 11 is 0. The molecule has 3 nitrogen and oxygen atoms in total. The van der Waals surface area contributed by atoms with Gasteiger partial charge in [0.15, 0.2) is 0 Å². The summed E-state index contributed by atoms with van der Waals surface area (Å²) in [4.78, 5) is 11.8. The van der Waals surface area contributed by atoms with Crippen molar-refractivity contribution in [2.75, 3.05) is 6.54 Å². The van der Waals surface area contributed by atoms with Gasteiger partial charge < -0.3 is 11.1 Å². The van der Waals surface area contributed by atoms with Crippen LogP contribution in [0.5, 0.6) is 0 Å². The smallest absolute Gasteiger partial charge is 0.220 e. The van der Waals surface area contributed by atoms with E-state index in [0.717, 1.165) is 19.4 Å². The van der Waals surface area contributed by atoms with Crippen LogP contribution in [0.3, 0.4) is 0 Å². The summed E-state index contributed by atoms with van der Waals surface area (Å²) in [6.45, 7) is 5.38. The quantitative estimate of drug-likeness (QED) is 0.828. The third kappa shape index (κ3) is 4.13. The second kappa shape index (κ2) is 6.25. The van der Waals surface area contributed by atoms with Crippen molar-refractivity contribution in [1.29, 1.82) is 0 Å². The highest BCUT2D eigenvalue weighted by Gasteiger charge is 2.45. The minimum absolute atomic E-state index is 0. The number of carbonyl (C=O) groups excluding carboxylic acids is 1. The number of rotatable bonds is 4. The Kier molecular flexibility index (Phi) is 5.47. The third-order valence-electron chi connectivity index (χ3n) is 4.68. The molecular weight excluding hydrogens is 248 g/mol. The molecule has 0 radical (unpaired) electrons. The van der Waals surface area contributed by atoms with Crippen molar-refractivity contribution in [3.8, 4) is 0 Å². The molecule has 0 heterocycles. The molecule has 0 aromatic rings. The predicted octanol–water partition coefficient (Wildman–Crippen LogP) is 2.48. The molecule has 3 unspecified atom stereocenters. The molecule has 0 saturated heterocycles. The second-order valence-corrected chi connectivity index (χ2v) is 6.61. The minimum atomic E-state index is 0. The zero-order valence-corrected chi connectivity index (χ0v) is 12.4. The lowest BCUT2D eigenvalue weighted by molar-refractivity contribution is -0.122. The second-order valence-electron chi connectivity index (χ2n) is 6.61. The van der Waals surface area contributed by atoms with Gasteiger partial charge in [0, 0.05) is 19.0 Å². The first-order valence-corrected chi connectivity index (χ1v) is 7.01. The molecule has 2 saturated carbocycles. The van der Waals surface area contributed by atoms with Crippen molar-refractivity contribution >= 4 is 18.3 Å². The lowest BCUT2D eigenvalue weighted by atomic mass is 9.83. The van der Waals surface area contributed by atoms with Crippen molar-refractivity contribution in [1.82, 2.24) is 5.32 Å². The standard InChI is InChI=1S/C14H26N2O.ClH/c1-14(2)8-11(14)9-16-13(17)7-10-5-3-4-6-12(10)15;/h10-12H,3-9,15H2,1-2H3,(H,16,17);1H. The van der Waals surface area contributed by atoms with E-state index in [2.05, 4.69) is 19.2 Å². The van der Waals surface area contributed by atoms with Gasteiger partial charge in [0.1, 0.15) is 0 Å². The van der Waals surface area contributed by atoms with Crippen LogP contribution >= 0.6 is 12.4 Å². The SMILES string of the molecule is CC1(C)CC1CNC(=O)CC1CCCCC1N.Cl. The third-order valence-corrected chi connectivity index (χ3v) is 4.68. The Balaban J connectivity index is 0.00000162. The van der Waals surface area contributed by atoms with E-state index in [9.17, 15) is 4.79 Å². The molecule has 0 spiro atoms. The molecule has 2 aliphatic rings. The average Bonchev–Trinajstić information content (AvgIpc) is 2.87. The lowest BCUT2D eigenvalue weighted by Gasteiger charge is -2.28. The van der Waals surface area contributed by atoms with E-state index in [1.54, 1.807) is 0 Å². The zero-order chi connectivity index (χ0) is 12.5. The van der Waals surface area contributed by atoms with Crippen LogP contribution in [0, 0.1) is 17.3 Å². The van der Waals surface area contributed by atoms with Crippen LogP contribution in [0.1, 0.15) is 52.4 Å². The number of carbonyl (C=O) groups is 1. The Morgan fingerprint density at radius 3 is 2.50 bits per heavy atom. The summed E-state index contributed by atoms with van der Waals surface area (Å²) in [5, 5.41) is 3.07. The molecule has 3 atom stereocenters. The molecule has 2 fully saturated rings. The number of nitrogens with one attached hydrogen (secondary N) is 1. The fraction of sp³-hybridized carbons (Fsp3) is 0.929. The van der Waals surface area contributed by atoms with E-state index >= 15 is 0 Å².